The molecule has 1 aliphatic heterocycles. The molecule has 2 aromatic carbocycles. The third-order valence-electron chi connectivity index (χ3n) is 5.64. The number of hydrogen-bond donors (Lipinski definition) is 0. The van der Waals surface area contributed by atoms with Crippen molar-refractivity contribution in [3.8, 4) is 5.69 Å². The number of aryl methyl sites for hydroxylation is 1. The lowest BCUT2D eigenvalue weighted by Crippen LogP contribution is -2.49. The molecule has 4 aromatic rings. The number of piperazine rings is 1. The smallest absolute Gasteiger partial charge is 0.254 e. The van der Waals surface area contributed by atoms with Gasteiger partial charge in [0.15, 0.2) is 5.65 Å². The van der Waals surface area contributed by atoms with Gasteiger partial charge in [0.05, 0.1) is 17.3 Å². The Hall–Kier alpha value is -3.45. The second kappa shape index (κ2) is 8.00. The molecule has 156 valence electrons. The summed E-state index contributed by atoms with van der Waals surface area (Å²) < 4.78 is 1.77. The highest BCUT2D eigenvalue weighted by atomic mass is 35.5. The lowest BCUT2D eigenvalue weighted by Gasteiger charge is -2.35. The van der Waals surface area contributed by atoms with Crippen molar-refractivity contribution in [3.63, 3.8) is 0 Å². The first-order valence-electron chi connectivity index (χ1n) is 10.2. The van der Waals surface area contributed by atoms with Gasteiger partial charge in [0.25, 0.3) is 5.91 Å². The van der Waals surface area contributed by atoms with Crippen LogP contribution in [0.3, 0.4) is 0 Å². The molecule has 0 bridgehead atoms. The van der Waals surface area contributed by atoms with Gasteiger partial charge in [-0.25, -0.2) is 14.6 Å². The molecule has 1 saturated heterocycles. The van der Waals surface area contributed by atoms with Crippen LogP contribution in [0.25, 0.3) is 16.7 Å². The van der Waals surface area contributed by atoms with Crippen molar-refractivity contribution >= 4 is 34.4 Å². The zero-order valence-electron chi connectivity index (χ0n) is 17.1. The van der Waals surface area contributed by atoms with Crippen LogP contribution in [0.4, 0.5) is 5.82 Å². The second-order valence-corrected chi connectivity index (χ2v) is 8.00. The number of aromatic nitrogens is 4. The van der Waals surface area contributed by atoms with Crippen LogP contribution in [0, 0.1) is 6.92 Å². The van der Waals surface area contributed by atoms with Crippen LogP contribution in [-0.4, -0.2) is 56.7 Å². The Labute approximate surface area is 184 Å². The van der Waals surface area contributed by atoms with Crippen LogP contribution in [0.2, 0.25) is 5.02 Å². The number of hydrogen-bond acceptors (Lipinski definition) is 5. The molecule has 0 spiro atoms. The molecule has 2 aromatic heterocycles. The molecular weight excluding hydrogens is 412 g/mol. The SMILES string of the molecule is Cc1ccccc1C(=O)N1CCN(c2ncnc3c2cnn3-c2cccc(Cl)c2)CC1. The molecule has 0 saturated carbocycles. The van der Waals surface area contributed by atoms with Gasteiger partial charge in [-0.1, -0.05) is 35.9 Å². The first-order valence-corrected chi connectivity index (χ1v) is 10.5. The van der Waals surface area contributed by atoms with Crippen molar-refractivity contribution in [1.29, 1.82) is 0 Å². The molecule has 31 heavy (non-hydrogen) atoms. The molecule has 5 rings (SSSR count). The van der Waals surface area contributed by atoms with Gasteiger partial charge in [-0.05, 0) is 36.8 Å². The van der Waals surface area contributed by atoms with Gasteiger partial charge < -0.3 is 9.80 Å². The maximum absolute atomic E-state index is 12.9. The van der Waals surface area contributed by atoms with E-state index in [1.165, 1.54) is 0 Å². The molecule has 1 fully saturated rings. The highest BCUT2D eigenvalue weighted by molar-refractivity contribution is 6.30. The van der Waals surface area contributed by atoms with Gasteiger partial charge in [0, 0.05) is 36.8 Å². The molecule has 3 heterocycles. The topological polar surface area (TPSA) is 67.2 Å². The summed E-state index contributed by atoms with van der Waals surface area (Å²) in [6.07, 6.45) is 3.35. The summed E-state index contributed by atoms with van der Waals surface area (Å²) in [6.45, 7) is 4.65. The largest absolute Gasteiger partial charge is 0.352 e. The van der Waals surface area contributed by atoms with Crippen LogP contribution < -0.4 is 4.90 Å². The number of nitrogens with zero attached hydrogens (tertiary/aromatic N) is 6. The summed E-state index contributed by atoms with van der Waals surface area (Å²) in [6, 6.07) is 15.2. The fourth-order valence-corrected chi connectivity index (χ4v) is 4.17. The van der Waals surface area contributed by atoms with Crippen molar-refractivity contribution in [2.75, 3.05) is 31.1 Å². The Bertz CT molecular complexity index is 1260. The summed E-state index contributed by atoms with van der Waals surface area (Å²) in [7, 11) is 0. The van der Waals surface area contributed by atoms with Gasteiger partial charge in [-0.15, -0.1) is 0 Å². The number of fused-ring (bicyclic) bond motifs is 1. The summed E-state index contributed by atoms with van der Waals surface area (Å²) in [5.74, 6) is 0.917. The summed E-state index contributed by atoms with van der Waals surface area (Å²) >= 11 is 6.14. The van der Waals surface area contributed by atoms with Crippen molar-refractivity contribution in [2.24, 2.45) is 0 Å². The number of benzene rings is 2. The lowest BCUT2D eigenvalue weighted by molar-refractivity contribution is 0.0746. The Kier molecular flexibility index (Phi) is 5.03. The number of carbonyl (C=O) groups excluding carboxylic acids is 1. The highest BCUT2D eigenvalue weighted by Gasteiger charge is 2.25. The van der Waals surface area contributed by atoms with Crippen LogP contribution in [0.1, 0.15) is 15.9 Å². The van der Waals surface area contributed by atoms with Crippen molar-refractivity contribution in [1.82, 2.24) is 24.6 Å². The molecule has 8 heteroatoms. The van der Waals surface area contributed by atoms with Gasteiger partial charge in [0.2, 0.25) is 0 Å². The Morgan fingerprint density at radius 3 is 2.58 bits per heavy atom. The predicted octanol–water partition coefficient (Wildman–Crippen LogP) is 3.74. The maximum Gasteiger partial charge on any atom is 0.254 e. The van der Waals surface area contributed by atoms with E-state index in [9.17, 15) is 4.79 Å². The van der Waals surface area contributed by atoms with Crippen molar-refractivity contribution in [3.05, 3.63) is 77.2 Å². The lowest BCUT2D eigenvalue weighted by atomic mass is 10.1. The predicted molar refractivity (Wildman–Crippen MR) is 121 cm³/mol. The van der Waals surface area contributed by atoms with Crippen LogP contribution >= 0.6 is 11.6 Å². The van der Waals surface area contributed by atoms with E-state index < -0.39 is 0 Å². The number of halogens is 1. The standard InChI is InChI=1S/C23H21ClN6O/c1-16-5-2-3-8-19(16)23(31)29-11-9-28(10-12-29)21-20-14-27-30(22(20)26-15-25-21)18-7-4-6-17(24)13-18/h2-8,13-15H,9-12H2,1H3. The maximum atomic E-state index is 12.9. The minimum atomic E-state index is 0.0827. The molecule has 0 N–H and O–H groups in total. The van der Waals surface area contributed by atoms with Crippen LogP contribution in [0.5, 0.6) is 0 Å². The molecule has 1 aliphatic rings. The van der Waals surface area contributed by atoms with E-state index >= 15 is 0 Å². The average Bonchev–Trinajstić information content (AvgIpc) is 3.23. The Morgan fingerprint density at radius 1 is 1.00 bits per heavy atom. The third kappa shape index (κ3) is 3.61. The van der Waals surface area contributed by atoms with E-state index in [0.29, 0.717) is 31.2 Å². The number of carbonyl (C=O) groups is 1. The van der Waals surface area contributed by atoms with E-state index in [4.69, 9.17) is 11.6 Å². The van der Waals surface area contributed by atoms with Crippen molar-refractivity contribution < 1.29 is 4.79 Å². The Balaban J connectivity index is 1.38. The van der Waals surface area contributed by atoms with E-state index in [-0.39, 0.29) is 5.91 Å². The van der Waals surface area contributed by atoms with Gasteiger partial charge in [0.1, 0.15) is 12.1 Å². The normalized spacial score (nSPS) is 14.3. The fourth-order valence-electron chi connectivity index (χ4n) is 3.99. The zero-order valence-corrected chi connectivity index (χ0v) is 17.8. The zero-order chi connectivity index (χ0) is 21.4. The monoisotopic (exact) mass is 432 g/mol. The first-order chi connectivity index (χ1) is 15.1. The molecule has 7 nitrogen and oxygen atoms in total. The van der Waals surface area contributed by atoms with Crippen LogP contribution in [0.15, 0.2) is 61.1 Å². The quantitative estimate of drug-likeness (QED) is 0.493. The molecule has 0 atom stereocenters. The number of amides is 1. The van der Waals surface area contributed by atoms with Gasteiger partial charge in [-0.2, -0.15) is 5.10 Å². The minimum absolute atomic E-state index is 0.0827. The van der Waals surface area contributed by atoms with Crippen LogP contribution in [-0.2, 0) is 0 Å². The highest BCUT2D eigenvalue weighted by Crippen LogP contribution is 2.26. The molecular formula is C23H21ClN6O. The molecule has 0 aliphatic carbocycles. The number of anilines is 1. The fraction of sp³-hybridized carbons (Fsp3) is 0.217. The Morgan fingerprint density at radius 2 is 1.81 bits per heavy atom. The van der Waals surface area contributed by atoms with E-state index in [1.54, 1.807) is 17.2 Å². The van der Waals surface area contributed by atoms with E-state index in [1.807, 2.05) is 60.4 Å². The number of rotatable bonds is 3. The molecule has 0 radical (unpaired) electrons. The minimum Gasteiger partial charge on any atom is -0.352 e. The van der Waals surface area contributed by atoms with E-state index in [2.05, 4.69) is 20.0 Å². The van der Waals surface area contributed by atoms with Gasteiger partial charge in [-0.3, -0.25) is 4.79 Å². The average molecular weight is 433 g/mol. The van der Waals surface area contributed by atoms with Crippen molar-refractivity contribution in [2.45, 2.75) is 6.92 Å². The first kappa shape index (κ1) is 19.5. The second-order valence-electron chi connectivity index (χ2n) is 7.56. The third-order valence-corrected chi connectivity index (χ3v) is 5.87. The molecule has 1 amide bonds. The van der Waals surface area contributed by atoms with Gasteiger partial charge >= 0.3 is 0 Å². The summed E-state index contributed by atoms with van der Waals surface area (Å²) in [5.41, 5.74) is 3.34. The summed E-state index contributed by atoms with van der Waals surface area (Å²) in [5, 5.41) is 6.04. The summed E-state index contributed by atoms with van der Waals surface area (Å²) in [4.78, 5) is 26.0. The molecule has 0 unspecified atom stereocenters. The van der Waals surface area contributed by atoms with E-state index in [0.717, 1.165) is 33.7 Å².